The Morgan fingerprint density at radius 3 is 2.32 bits per heavy atom. The van der Waals surface area contributed by atoms with E-state index >= 15 is 0 Å². The van der Waals surface area contributed by atoms with Crippen LogP contribution in [-0.4, -0.2) is 12.6 Å². The minimum atomic E-state index is 0. The van der Waals surface area contributed by atoms with E-state index < -0.39 is 0 Å². The quantitative estimate of drug-likeness (QED) is 0.482. The summed E-state index contributed by atoms with van der Waals surface area (Å²) in [6, 6.07) is 0. The standard InChI is InChI=1S/C18H33N.70H2/c1-10(2)16-15-11(3)14-8-17(16,6)13(5)18(9-14,19-7)12(15)4;;;;;;;;;;;;;;;;;;;;;;;;;;;;;;;;;;;;;;;;;;;;;;;;;;;;;;;;;;;;;;;;;;;;;;/h10-16,19H,8-9H2,1-7H3;70*1H. The highest BCUT2D eigenvalue weighted by Gasteiger charge is 2.69. The lowest BCUT2D eigenvalue weighted by Gasteiger charge is -2.74. The van der Waals surface area contributed by atoms with Crippen LogP contribution in [0, 0.1) is 46.8 Å². The maximum Gasteiger partial charge on any atom is 0.0240 e. The van der Waals surface area contributed by atoms with Crippen molar-refractivity contribution < 1.29 is 99.9 Å². The first-order valence-electron chi connectivity index (χ1n) is 8.48. The zero-order valence-electron chi connectivity index (χ0n) is 14.0. The van der Waals surface area contributed by atoms with Gasteiger partial charge in [-0.15, -0.1) is 0 Å². The highest BCUT2D eigenvalue weighted by atomic mass is 15.0. The molecule has 8 unspecified atom stereocenters. The maximum absolute atomic E-state index is 3.81. The van der Waals surface area contributed by atoms with E-state index in [9.17, 15) is 0 Å². The van der Waals surface area contributed by atoms with Gasteiger partial charge in [-0.25, -0.2) is 0 Å². The molecule has 1 N–H and O–H groups in total. The molecule has 0 aromatic rings. The van der Waals surface area contributed by atoms with E-state index in [-0.39, 0.29) is 99.9 Å². The van der Waals surface area contributed by atoms with Crippen molar-refractivity contribution in [3.05, 3.63) is 0 Å². The summed E-state index contributed by atoms with van der Waals surface area (Å²) in [4.78, 5) is 0. The summed E-state index contributed by atoms with van der Waals surface area (Å²) in [5.74, 6) is 6.23. The van der Waals surface area contributed by atoms with Gasteiger partial charge in [0.2, 0.25) is 0 Å². The Morgan fingerprint density at radius 1 is 1.16 bits per heavy atom. The summed E-state index contributed by atoms with van der Waals surface area (Å²) in [6.45, 7) is 15.2. The Morgan fingerprint density at radius 2 is 1.79 bits per heavy atom. The fraction of sp³-hybridized carbons (Fsp3) is 1.00. The lowest BCUT2D eigenvalue weighted by Crippen LogP contribution is -2.75. The summed E-state index contributed by atoms with van der Waals surface area (Å²) in [6.07, 6.45) is 2.90. The lowest BCUT2D eigenvalue weighted by atomic mass is 9.33. The van der Waals surface area contributed by atoms with E-state index in [4.69, 9.17) is 0 Å². The second-order valence-corrected chi connectivity index (χ2v) is 8.68. The van der Waals surface area contributed by atoms with Gasteiger partial charge in [0, 0.05) is 105 Å². The van der Waals surface area contributed by atoms with Crippen molar-refractivity contribution in [2.75, 3.05) is 7.05 Å². The molecular formula is C18H173N. The van der Waals surface area contributed by atoms with E-state index in [0.717, 1.165) is 41.4 Å². The van der Waals surface area contributed by atoms with E-state index in [0.29, 0.717) is 11.0 Å². The summed E-state index contributed by atoms with van der Waals surface area (Å²) >= 11 is 0. The van der Waals surface area contributed by atoms with Gasteiger partial charge in [-0.3, -0.25) is 0 Å². The maximum atomic E-state index is 3.81. The first-order valence-corrected chi connectivity index (χ1v) is 8.48. The number of nitrogens with one attached hydrogen (secondary N) is 1. The molecule has 1 nitrogen and oxygen atoms in total. The Hall–Kier alpha value is -0.0400. The summed E-state index contributed by atoms with van der Waals surface area (Å²) < 4.78 is 0. The molecule has 0 spiro atoms. The second-order valence-electron chi connectivity index (χ2n) is 8.68. The van der Waals surface area contributed by atoms with Crippen LogP contribution < -0.4 is 5.32 Å². The van der Waals surface area contributed by atoms with E-state index in [1.165, 1.54) is 12.8 Å². The first-order chi connectivity index (χ1) is 8.79. The first kappa shape index (κ1) is 13.9. The molecule has 0 amide bonds. The zero-order chi connectivity index (χ0) is 14.2. The Bertz CT molecular complexity index is 442. The summed E-state index contributed by atoms with van der Waals surface area (Å²) in [7, 11) is 2.22. The molecule has 0 aromatic heterocycles. The molecule has 4 bridgehead atoms. The normalized spacial score (nSPS) is 60.0. The van der Waals surface area contributed by atoms with Crippen molar-refractivity contribution in [1.82, 2.24) is 5.32 Å². The van der Waals surface area contributed by atoms with Crippen molar-refractivity contribution in [3.63, 3.8) is 0 Å². The van der Waals surface area contributed by atoms with Crippen molar-refractivity contribution >= 4 is 0 Å². The van der Waals surface area contributed by atoms with Gasteiger partial charge in [-0.1, -0.05) is 41.5 Å². The van der Waals surface area contributed by atoms with E-state index in [1.807, 2.05) is 0 Å². The average Bonchev–Trinajstić information content (AvgIpc) is 2.34. The van der Waals surface area contributed by atoms with Gasteiger partial charge in [0.25, 0.3) is 0 Å². The molecule has 4 aliphatic rings. The Kier molecular flexibility index (Phi) is 2.93. The summed E-state index contributed by atoms with van der Waals surface area (Å²) in [5, 5.41) is 3.81. The molecule has 8 atom stereocenters. The number of hydrogen-bond donors (Lipinski definition) is 1. The third-order valence-electron chi connectivity index (χ3n) is 8.16. The third kappa shape index (κ3) is 1.41. The predicted molar refractivity (Wildman–Crippen MR) is 230 cm³/mol. The molecule has 0 aliphatic heterocycles. The largest absolute Gasteiger partial charge is 0.314 e. The average molecular weight is 405 g/mol. The number of rotatable bonds is 2. The van der Waals surface area contributed by atoms with Crippen molar-refractivity contribution in [1.29, 1.82) is 0 Å². The van der Waals surface area contributed by atoms with E-state index in [1.54, 1.807) is 0 Å². The minimum Gasteiger partial charge on any atom is -0.314 e. The molecule has 4 fully saturated rings. The van der Waals surface area contributed by atoms with Crippen LogP contribution in [0.4, 0.5) is 0 Å². The highest BCUT2D eigenvalue weighted by molar-refractivity contribution is 5.20. The molecule has 0 radical (unpaired) electrons. The van der Waals surface area contributed by atoms with Gasteiger partial charge in [-0.05, 0) is 66.7 Å². The van der Waals surface area contributed by atoms with Crippen LogP contribution in [0.25, 0.3) is 0 Å². The van der Waals surface area contributed by atoms with Crippen LogP contribution >= 0.6 is 0 Å². The van der Waals surface area contributed by atoms with E-state index in [2.05, 4.69) is 53.9 Å². The van der Waals surface area contributed by atoms with Crippen LogP contribution in [0.1, 0.15) is 154 Å². The minimum absolute atomic E-state index is 0. The van der Waals surface area contributed by atoms with Crippen LogP contribution in [-0.2, 0) is 0 Å². The van der Waals surface area contributed by atoms with Crippen LogP contribution in [0.15, 0.2) is 0 Å². The molecule has 1 heteroatoms. The SMILES string of the molecule is CNC12CC3CC(C)(C(C(C)C)C(C3C)C1C)C2C.[HH].[HH].[HH].[HH].[HH].[HH].[HH].[HH].[HH].[HH].[HH].[HH].[HH].[HH].[HH].[HH].[HH].[HH].[HH].[HH].[HH].[HH].[HH].[HH].[HH].[HH].[HH].[HH].[HH].[HH].[HH].[HH].[HH].[HH].[HH].[HH].[HH].[HH].[HH].[HH].[HH].[HH].[HH].[HH].[HH].[HH].[HH].[HH].[HH].[HH].[HH].[HH].[HH].[HH].[HH].[HH].[HH].[HH].[HH].[HH].[HH].[HH].[HH].[HH].[HH].[HH].[HH].[HH].[HH].[HH]. The molecule has 0 saturated heterocycles. The van der Waals surface area contributed by atoms with Gasteiger partial charge in [0.1, 0.15) is 0 Å². The second kappa shape index (κ2) is 4.00. The lowest BCUT2D eigenvalue weighted by molar-refractivity contribution is -0.230. The molecule has 0 aromatic carbocycles. The van der Waals surface area contributed by atoms with Crippen molar-refractivity contribution in [2.24, 2.45) is 46.8 Å². The Labute approximate surface area is 223 Å². The smallest absolute Gasteiger partial charge is 0.0240 e. The monoisotopic (exact) mass is 404 g/mol. The van der Waals surface area contributed by atoms with Gasteiger partial charge in [0.05, 0.1) is 0 Å². The van der Waals surface area contributed by atoms with Crippen LogP contribution in [0.3, 0.4) is 0 Å². The van der Waals surface area contributed by atoms with Gasteiger partial charge >= 0.3 is 0 Å². The van der Waals surface area contributed by atoms with Crippen molar-refractivity contribution in [3.8, 4) is 0 Å². The molecular weight excluding hydrogens is 230 g/mol. The third-order valence-corrected chi connectivity index (χ3v) is 8.16. The number of hydrogen-bond acceptors (Lipinski definition) is 1. The Balaban J connectivity index is -0.000000000955. The summed E-state index contributed by atoms with van der Waals surface area (Å²) in [5.41, 5.74) is 0.976. The molecule has 250 valence electrons. The molecule has 19 heavy (non-hydrogen) atoms. The topological polar surface area (TPSA) is 12.0 Å². The van der Waals surface area contributed by atoms with Gasteiger partial charge in [-0.2, -0.15) is 0 Å². The predicted octanol–water partition coefficient (Wildman–Crippen LogP) is 21.4. The molecule has 4 aliphatic carbocycles. The van der Waals surface area contributed by atoms with Crippen molar-refractivity contribution in [2.45, 2.75) is 59.9 Å². The highest BCUT2D eigenvalue weighted by Crippen LogP contribution is 2.71. The zero-order valence-corrected chi connectivity index (χ0v) is 14.0. The van der Waals surface area contributed by atoms with Gasteiger partial charge < -0.3 is 5.32 Å². The van der Waals surface area contributed by atoms with Crippen LogP contribution in [0.5, 0.6) is 0 Å². The fourth-order valence-corrected chi connectivity index (χ4v) is 7.33. The molecule has 0 heterocycles. The van der Waals surface area contributed by atoms with Crippen LogP contribution in [0.2, 0.25) is 0 Å². The molecule has 4 rings (SSSR count). The van der Waals surface area contributed by atoms with Gasteiger partial charge in [0.15, 0.2) is 0 Å². The fourth-order valence-electron chi connectivity index (χ4n) is 7.33. The molecule has 4 saturated carbocycles.